The Labute approximate surface area is 201 Å². The number of nitrogens with one attached hydrogen (secondary N) is 2. The molecule has 0 spiro atoms. The third kappa shape index (κ3) is 3.87. The lowest BCUT2D eigenvalue weighted by atomic mass is 9.58. The summed E-state index contributed by atoms with van der Waals surface area (Å²) in [5, 5.41) is 15.5. The van der Waals surface area contributed by atoms with E-state index in [-0.39, 0.29) is 29.1 Å². The number of hydrogen-bond acceptors (Lipinski definition) is 3. The second-order valence-electron chi connectivity index (χ2n) is 9.33. The quantitative estimate of drug-likeness (QED) is 0.291. The van der Waals surface area contributed by atoms with Crippen molar-refractivity contribution >= 4 is 35.4 Å². The van der Waals surface area contributed by atoms with Crippen molar-refractivity contribution < 1.29 is 18.0 Å². The van der Waals surface area contributed by atoms with Crippen molar-refractivity contribution in [3.05, 3.63) is 64.2 Å². The second-order valence-corrected chi connectivity index (χ2v) is 9.99. The van der Waals surface area contributed by atoms with Crippen LogP contribution in [0.4, 0.5) is 18.9 Å². The Kier molecular flexibility index (Phi) is 6.00. The van der Waals surface area contributed by atoms with Gasteiger partial charge >= 0.3 is 6.18 Å². The van der Waals surface area contributed by atoms with Gasteiger partial charge in [0, 0.05) is 18.3 Å². The lowest BCUT2D eigenvalue weighted by Crippen LogP contribution is -2.52. The van der Waals surface area contributed by atoms with Crippen LogP contribution in [0.25, 0.3) is 0 Å². The van der Waals surface area contributed by atoms with E-state index in [1.165, 1.54) is 15.9 Å². The summed E-state index contributed by atoms with van der Waals surface area (Å²) in [6.45, 7) is 3.47. The minimum Gasteiger partial charge on any atom is -0.324 e. The van der Waals surface area contributed by atoms with Crippen LogP contribution >= 0.6 is 11.6 Å². The highest BCUT2D eigenvalue weighted by atomic mass is 35.5. The van der Waals surface area contributed by atoms with E-state index in [9.17, 15) is 18.0 Å². The first-order valence-corrected chi connectivity index (χ1v) is 11.5. The SMILES string of the molecule is CC1CC(C(=N)N(C)C=N)(c2cccc(N3Cc4c(cc(C(C)Cl)cc4C(F)(F)F)C3=O)c2)C1. The van der Waals surface area contributed by atoms with E-state index in [0.717, 1.165) is 30.8 Å². The van der Waals surface area contributed by atoms with Gasteiger partial charge in [0.2, 0.25) is 0 Å². The molecule has 1 saturated carbocycles. The molecule has 0 aromatic heterocycles. The van der Waals surface area contributed by atoms with Crippen molar-refractivity contribution in [1.82, 2.24) is 4.90 Å². The standard InChI is InChI=1S/C25H26ClF3N4O/c1-14-10-24(11-14,23(31)32(3)13-30)17-5-4-6-18(9-17)33-12-20-19(22(33)34)7-16(15(2)26)8-21(20)25(27,28)29/h4-9,13-15,30-31H,10-12H2,1-3H3. The average molecular weight is 491 g/mol. The Morgan fingerprint density at radius 1 is 1.29 bits per heavy atom. The highest BCUT2D eigenvalue weighted by molar-refractivity contribution is 6.20. The van der Waals surface area contributed by atoms with Gasteiger partial charge in [-0.2, -0.15) is 13.2 Å². The molecule has 0 radical (unpaired) electrons. The molecule has 1 amide bonds. The van der Waals surface area contributed by atoms with E-state index in [4.69, 9.17) is 22.4 Å². The molecule has 34 heavy (non-hydrogen) atoms. The molecule has 180 valence electrons. The van der Waals surface area contributed by atoms with Crippen molar-refractivity contribution in [2.45, 2.75) is 50.2 Å². The maximum Gasteiger partial charge on any atom is 0.416 e. The van der Waals surface area contributed by atoms with Gasteiger partial charge in [-0.15, -0.1) is 11.6 Å². The molecule has 9 heteroatoms. The molecule has 1 heterocycles. The van der Waals surface area contributed by atoms with Crippen molar-refractivity contribution in [3.8, 4) is 0 Å². The smallest absolute Gasteiger partial charge is 0.324 e. The van der Waals surface area contributed by atoms with Crippen molar-refractivity contribution in [2.24, 2.45) is 5.92 Å². The second kappa shape index (κ2) is 8.41. The average Bonchev–Trinajstić information content (AvgIpc) is 3.10. The third-order valence-corrected chi connectivity index (χ3v) is 7.18. The molecule has 1 fully saturated rings. The molecule has 1 aliphatic heterocycles. The fourth-order valence-corrected chi connectivity index (χ4v) is 5.32. The van der Waals surface area contributed by atoms with E-state index in [1.807, 2.05) is 6.07 Å². The summed E-state index contributed by atoms with van der Waals surface area (Å²) in [4.78, 5) is 16.1. The number of carbonyl (C=O) groups is 1. The van der Waals surface area contributed by atoms with Crippen molar-refractivity contribution in [3.63, 3.8) is 0 Å². The molecule has 2 N–H and O–H groups in total. The zero-order valence-electron chi connectivity index (χ0n) is 19.1. The first-order chi connectivity index (χ1) is 15.9. The minimum absolute atomic E-state index is 0.0194. The highest BCUT2D eigenvalue weighted by Crippen LogP contribution is 2.50. The number of anilines is 1. The normalized spacial score (nSPS) is 22.7. The van der Waals surface area contributed by atoms with Gasteiger partial charge in [0.1, 0.15) is 5.84 Å². The van der Waals surface area contributed by atoms with E-state index < -0.39 is 28.4 Å². The maximum absolute atomic E-state index is 13.8. The third-order valence-electron chi connectivity index (χ3n) is 6.93. The van der Waals surface area contributed by atoms with Gasteiger partial charge in [0.05, 0.1) is 29.2 Å². The largest absolute Gasteiger partial charge is 0.416 e. The lowest BCUT2D eigenvalue weighted by molar-refractivity contribution is -0.138. The molecule has 4 rings (SSSR count). The molecular weight excluding hydrogens is 465 g/mol. The van der Waals surface area contributed by atoms with Crippen LogP contribution in [-0.2, 0) is 18.1 Å². The van der Waals surface area contributed by atoms with Crippen molar-refractivity contribution in [1.29, 1.82) is 10.8 Å². The lowest BCUT2D eigenvalue weighted by Gasteiger charge is -2.48. The summed E-state index contributed by atoms with van der Waals surface area (Å²) in [6, 6.07) is 9.62. The number of fused-ring (bicyclic) bond motifs is 1. The minimum atomic E-state index is -4.61. The topological polar surface area (TPSA) is 71.2 Å². The van der Waals surface area contributed by atoms with Gasteiger partial charge in [0.15, 0.2) is 0 Å². The van der Waals surface area contributed by atoms with Gasteiger partial charge in [0.25, 0.3) is 5.91 Å². The van der Waals surface area contributed by atoms with Crippen LogP contribution in [0.5, 0.6) is 0 Å². The number of alkyl halides is 4. The highest BCUT2D eigenvalue weighted by Gasteiger charge is 2.48. The predicted octanol–water partition coefficient (Wildman–Crippen LogP) is 6.35. The van der Waals surface area contributed by atoms with Crippen LogP contribution in [0, 0.1) is 16.7 Å². The summed E-state index contributed by atoms with van der Waals surface area (Å²) < 4.78 is 41.5. The number of hydrogen-bond donors (Lipinski definition) is 2. The van der Waals surface area contributed by atoms with Crippen molar-refractivity contribution in [2.75, 3.05) is 11.9 Å². The summed E-state index contributed by atoms with van der Waals surface area (Å²) >= 11 is 6.07. The molecular formula is C25H26ClF3N4O. The van der Waals surface area contributed by atoms with E-state index in [0.29, 0.717) is 11.6 Å². The number of amidine groups is 1. The van der Waals surface area contributed by atoms with Crippen LogP contribution in [0.2, 0.25) is 0 Å². The van der Waals surface area contributed by atoms with Crippen LogP contribution < -0.4 is 4.90 Å². The number of carbonyl (C=O) groups excluding carboxylic acids is 1. The number of halogens is 4. The molecule has 0 saturated heterocycles. The van der Waals surface area contributed by atoms with E-state index in [2.05, 4.69) is 6.92 Å². The molecule has 2 aliphatic rings. The Balaban J connectivity index is 1.75. The summed E-state index contributed by atoms with van der Waals surface area (Å²) in [6.07, 6.45) is -2.08. The van der Waals surface area contributed by atoms with Gasteiger partial charge in [-0.25, -0.2) is 0 Å². The summed E-state index contributed by atoms with van der Waals surface area (Å²) in [7, 11) is 1.65. The summed E-state index contributed by atoms with van der Waals surface area (Å²) in [5.74, 6) is 0.180. The molecule has 2 aromatic carbocycles. The Bertz CT molecular complexity index is 1170. The zero-order chi connectivity index (χ0) is 25.0. The first-order valence-electron chi connectivity index (χ1n) is 11.0. The van der Waals surface area contributed by atoms with E-state index >= 15 is 0 Å². The number of nitrogens with zero attached hydrogens (tertiary/aromatic N) is 2. The van der Waals surface area contributed by atoms with Gasteiger partial charge in [-0.3, -0.25) is 15.6 Å². The van der Waals surface area contributed by atoms with Gasteiger partial charge in [-0.1, -0.05) is 19.1 Å². The first kappa shape index (κ1) is 24.3. The van der Waals surface area contributed by atoms with Crippen LogP contribution in [-0.4, -0.2) is 30.0 Å². The maximum atomic E-state index is 13.8. The molecule has 1 unspecified atom stereocenters. The van der Waals surface area contributed by atoms with Crippen LogP contribution in [0.3, 0.4) is 0 Å². The van der Waals surface area contributed by atoms with Crippen LogP contribution in [0.1, 0.15) is 64.7 Å². The fourth-order valence-electron chi connectivity index (χ4n) is 5.19. The fraction of sp³-hybridized carbons (Fsp3) is 0.400. The Morgan fingerprint density at radius 3 is 2.53 bits per heavy atom. The number of rotatable bonds is 5. The molecule has 2 aromatic rings. The number of benzene rings is 2. The zero-order valence-corrected chi connectivity index (χ0v) is 19.9. The monoisotopic (exact) mass is 490 g/mol. The summed E-state index contributed by atoms with van der Waals surface area (Å²) in [5.41, 5.74) is 0.0854. The molecule has 1 aliphatic carbocycles. The van der Waals surface area contributed by atoms with Crippen LogP contribution in [0.15, 0.2) is 36.4 Å². The van der Waals surface area contributed by atoms with Gasteiger partial charge < -0.3 is 9.80 Å². The Morgan fingerprint density at radius 2 is 1.97 bits per heavy atom. The molecule has 1 atom stereocenters. The van der Waals surface area contributed by atoms with Gasteiger partial charge in [-0.05, 0) is 66.6 Å². The number of amides is 1. The van der Waals surface area contributed by atoms with E-state index in [1.54, 1.807) is 32.2 Å². The Hall–Kier alpha value is -2.87. The molecule has 5 nitrogen and oxygen atoms in total. The number of likely N-dealkylation sites (N-methyl/N-ethyl adjacent to an activating group) is 1. The predicted molar refractivity (Wildman–Crippen MR) is 127 cm³/mol. The molecule has 0 bridgehead atoms.